The highest BCUT2D eigenvalue weighted by molar-refractivity contribution is 6.95. The maximum absolute atomic E-state index is 4.83. The van der Waals surface area contributed by atoms with Crippen molar-refractivity contribution in [1.82, 2.24) is 0 Å². The van der Waals surface area contributed by atoms with E-state index in [0.717, 1.165) is 13.2 Å². The van der Waals surface area contributed by atoms with Gasteiger partial charge in [0.1, 0.15) is 0 Å². The fourth-order valence-electron chi connectivity index (χ4n) is 3.06. The molecule has 0 unspecified atom stereocenters. The molecule has 3 rings (SSSR count). The van der Waals surface area contributed by atoms with Gasteiger partial charge in [-0.2, -0.15) is 0 Å². The second-order valence-corrected chi connectivity index (χ2v) is 9.81. The van der Waals surface area contributed by atoms with E-state index in [1.807, 2.05) is 13.8 Å². The fourth-order valence-corrected chi connectivity index (χ4v) is 5.94. The third kappa shape index (κ3) is 6.67. The van der Waals surface area contributed by atoms with Gasteiger partial charge in [0, 0.05) is 13.2 Å². The third-order valence-electron chi connectivity index (χ3n) is 4.64. The molecule has 0 spiro atoms. The Morgan fingerprint density at radius 1 is 0.519 bits per heavy atom. The van der Waals surface area contributed by atoms with Crippen molar-refractivity contribution in [2.24, 2.45) is 0 Å². The summed E-state index contributed by atoms with van der Waals surface area (Å²) in [5.74, 6) is 0. The summed E-state index contributed by atoms with van der Waals surface area (Å²) in [7, 11) is 0. The van der Waals surface area contributed by atoms with Gasteiger partial charge in [0.2, 0.25) is 0 Å². The molecule has 0 aliphatic carbocycles. The van der Waals surface area contributed by atoms with Gasteiger partial charge in [-0.3, -0.25) is 0 Å². The molecule has 0 heterocycles. The van der Waals surface area contributed by atoms with E-state index < -0.39 is 14.1 Å². The van der Waals surface area contributed by atoms with Crippen molar-refractivity contribution in [1.29, 1.82) is 0 Å². The largest absolute Gasteiger partial charge is 0.383 e. The van der Waals surface area contributed by atoms with Gasteiger partial charge in [-0.05, 0) is 34.6 Å². The van der Waals surface area contributed by atoms with Gasteiger partial charge in [-0.25, -0.2) is 0 Å². The zero-order chi connectivity index (χ0) is 19.6. The Balaban J connectivity index is 0.000000465. The van der Waals surface area contributed by atoms with Crippen molar-refractivity contribution < 1.29 is 4.74 Å². The van der Waals surface area contributed by atoms with Gasteiger partial charge >= 0.3 is 14.1 Å². The molecular weight excluding hydrogens is 343 g/mol. The minimum absolute atomic E-state index is 0.844. The fraction of sp³-hybridized carbons (Fsp3) is 0.280. The summed E-state index contributed by atoms with van der Waals surface area (Å²) in [6, 6.07) is 27.3. The molecule has 0 aliphatic heterocycles. The number of ether oxygens (including phenoxy) is 1. The average Bonchev–Trinajstić information content (AvgIpc) is 2.68. The van der Waals surface area contributed by atoms with Crippen LogP contribution in [0.25, 0.3) is 0 Å². The van der Waals surface area contributed by atoms with Crippen LogP contribution in [-0.2, 0) is 4.74 Å². The lowest BCUT2D eigenvalue weighted by Crippen LogP contribution is -2.51. The highest BCUT2D eigenvalue weighted by atomic mass is 27.2. The average molecular weight is 375 g/mol. The summed E-state index contributed by atoms with van der Waals surface area (Å²) < 4.78 is 9.29. The van der Waals surface area contributed by atoms with Crippen molar-refractivity contribution in [3.63, 3.8) is 0 Å². The quantitative estimate of drug-likeness (QED) is 0.609. The van der Waals surface area contributed by atoms with Crippen LogP contribution in [0.15, 0.2) is 72.8 Å². The summed E-state index contributed by atoms with van der Waals surface area (Å²) >= 11 is -1.37. The molecule has 3 aromatic rings. The molecule has 140 valence electrons. The van der Waals surface area contributed by atoms with Crippen LogP contribution in [0.1, 0.15) is 30.5 Å². The smallest absolute Gasteiger partial charge is 0.382 e. The Morgan fingerprint density at radius 3 is 0.963 bits per heavy atom. The molecule has 0 N–H and O–H groups in total. The predicted octanol–water partition coefficient (Wildman–Crippen LogP) is 4.17. The molecule has 1 nitrogen and oxygen atoms in total. The van der Waals surface area contributed by atoms with Crippen LogP contribution < -0.4 is 13.3 Å². The van der Waals surface area contributed by atoms with Crippen LogP contribution in [0.2, 0.25) is 0 Å². The highest BCUT2D eigenvalue weighted by Gasteiger charge is 2.24. The number of benzene rings is 3. The normalized spacial score (nSPS) is 10.1. The van der Waals surface area contributed by atoms with E-state index in [0.29, 0.717) is 0 Å². The minimum atomic E-state index is -1.37. The standard InChI is InChI=1S/3C7H7.C4H10O.Al/c3*1-7-5-3-2-4-6-7;1-3-5-4-2;/h3*3-6H,1H3;3-4H2,1-2H3;. The first-order valence-electron chi connectivity index (χ1n) is 9.82. The van der Waals surface area contributed by atoms with Crippen LogP contribution in [0.5, 0.6) is 0 Å². The number of hydrogen-bond acceptors (Lipinski definition) is 1. The molecule has 27 heavy (non-hydrogen) atoms. The van der Waals surface area contributed by atoms with Gasteiger partial charge in [0.25, 0.3) is 0 Å². The van der Waals surface area contributed by atoms with E-state index in [2.05, 4.69) is 93.6 Å². The number of hydrogen-bond donors (Lipinski definition) is 0. The minimum Gasteiger partial charge on any atom is -0.382 e. The molecule has 0 aliphatic rings. The zero-order valence-corrected chi connectivity index (χ0v) is 18.5. The summed E-state index contributed by atoms with van der Waals surface area (Å²) in [6.07, 6.45) is 0. The maximum Gasteiger partial charge on any atom is 0.383 e. The third-order valence-corrected chi connectivity index (χ3v) is 7.79. The van der Waals surface area contributed by atoms with Crippen LogP contribution >= 0.6 is 0 Å². The summed E-state index contributed by atoms with van der Waals surface area (Å²) in [6.45, 7) is 12.1. The topological polar surface area (TPSA) is 9.23 Å². The molecule has 0 fully saturated rings. The van der Waals surface area contributed by atoms with Gasteiger partial charge in [-0.15, -0.1) is 0 Å². The lowest BCUT2D eigenvalue weighted by molar-refractivity contribution is 0.162. The molecule has 0 atom stereocenters. The summed E-state index contributed by atoms with van der Waals surface area (Å²) in [4.78, 5) is 0. The Labute approximate surface area is 169 Å². The summed E-state index contributed by atoms with van der Waals surface area (Å²) in [5.41, 5.74) is 3.97. The summed E-state index contributed by atoms with van der Waals surface area (Å²) in [5, 5.41) is 0. The van der Waals surface area contributed by atoms with Crippen molar-refractivity contribution in [3.8, 4) is 0 Å². The molecule has 3 aromatic carbocycles. The molecular formula is C25H31AlO. The Morgan fingerprint density at radius 2 is 0.778 bits per heavy atom. The first-order valence-corrected chi connectivity index (χ1v) is 11.6. The van der Waals surface area contributed by atoms with Crippen LogP contribution in [0, 0.1) is 20.8 Å². The Hall–Kier alpha value is -1.85. The van der Waals surface area contributed by atoms with Gasteiger partial charge in [-0.1, -0.05) is 103 Å². The first-order chi connectivity index (χ1) is 13.0. The first kappa shape index (κ1) is 21.5. The SMILES string of the molecule is CCOCC.Cc1cc[c]([Al]([c]2ccc(C)cc2)[c]2ccc(C)cc2)cc1. The van der Waals surface area contributed by atoms with Crippen LogP contribution in [0.3, 0.4) is 0 Å². The Kier molecular flexibility index (Phi) is 8.82. The number of rotatable bonds is 5. The molecule has 0 aromatic heterocycles. The second kappa shape index (κ2) is 11.1. The Bertz CT molecular complexity index is 679. The molecule has 0 saturated carbocycles. The molecule has 0 amide bonds. The van der Waals surface area contributed by atoms with Crippen LogP contribution in [-0.4, -0.2) is 27.4 Å². The van der Waals surface area contributed by atoms with Gasteiger partial charge in [0.05, 0.1) is 0 Å². The highest BCUT2D eigenvalue weighted by Crippen LogP contribution is 2.01. The number of aryl methyl sites for hydroxylation is 3. The van der Waals surface area contributed by atoms with E-state index >= 15 is 0 Å². The van der Waals surface area contributed by atoms with Gasteiger partial charge in [0.15, 0.2) is 0 Å². The molecule has 2 heteroatoms. The zero-order valence-electron chi connectivity index (χ0n) is 17.3. The van der Waals surface area contributed by atoms with Crippen LogP contribution in [0.4, 0.5) is 0 Å². The van der Waals surface area contributed by atoms with Crippen molar-refractivity contribution in [2.75, 3.05) is 13.2 Å². The van der Waals surface area contributed by atoms with E-state index in [1.165, 1.54) is 30.0 Å². The second-order valence-electron chi connectivity index (χ2n) is 6.95. The van der Waals surface area contributed by atoms with Crippen molar-refractivity contribution in [2.45, 2.75) is 34.6 Å². The van der Waals surface area contributed by atoms with Crippen molar-refractivity contribution >= 4 is 27.4 Å². The molecule has 0 saturated heterocycles. The van der Waals surface area contributed by atoms with E-state index in [9.17, 15) is 0 Å². The predicted molar refractivity (Wildman–Crippen MR) is 120 cm³/mol. The lowest BCUT2D eigenvalue weighted by Gasteiger charge is -2.15. The van der Waals surface area contributed by atoms with Crippen molar-refractivity contribution in [3.05, 3.63) is 89.5 Å². The van der Waals surface area contributed by atoms with E-state index in [1.54, 1.807) is 0 Å². The van der Waals surface area contributed by atoms with E-state index in [-0.39, 0.29) is 0 Å². The van der Waals surface area contributed by atoms with Gasteiger partial charge < -0.3 is 4.74 Å². The monoisotopic (exact) mass is 374 g/mol. The lowest BCUT2D eigenvalue weighted by atomic mass is 10.2. The molecule has 0 bridgehead atoms. The maximum atomic E-state index is 4.83. The van der Waals surface area contributed by atoms with E-state index in [4.69, 9.17) is 4.74 Å². The molecule has 0 radical (unpaired) electrons.